The Morgan fingerprint density at radius 1 is 1.10 bits per heavy atom. The summed E-state index contributed by atoms with van der Waals surface area (Å²) in [7, 11) is 0. The smallest absolute Gasteiger partial charge is 0.261 e. The maximum Gasteiger partial charge on any atom is 0.261 e. The SMILES string of the molecule is CC(=O)c1ccc(-c2cc(F)cc3c2O[C@H](CNC(=O)[C@H]2Cc4ccccc4O2)C3)s1. The molecule has 2 aliphatic heterocycles. The van der Waals surface area contributed by atoms with Gasteiger partial charge in [-0.2, -0.15) is 0 Å². The van der Waals surface area contributed by atoms with Crippen LogP contribution in [0.1, 0.15) is 27.7 Å². The summed E-state index contributed by atoms with van der Waals surface area (Å²) in [6.45, 7) is 1.81. The molecule has 31 heavy (non-hydrogen) atoms. The average Bonchev–Trinajstić information content (AvgIpc) is 3.48. The van der Waals surface area contributed by atoms with Gasteiger partial charge in [0.15, 0.2) is 11.9 Å². The molecule has 2 atom stereocenters. The quantitative estimate of drug-likeness (QED) is 0.609. The van der Waals surface area contributed by atoms with Crippen LogP contribution in [0, 0.1) is 5.82 Å². The number of thiophene rings is 1. The molecule has 5 rings (SSSR count). The van der Waals surface area contributed by atoms with Crippen molar-refractivity contribution in [3.8, 4) is 21.9 Å². The molecule has 5 nitrogen and oxygen atoms in total. The number of halogens is 1. The van der Waals surface area contributed by atoms with Crippen LogP contribution >= 0.6 is 11.3 Å². The van der Waals surface area contributed by atoms with E-state index in [1.807, 2.05) is 30.3 Å². The van der Waals surface area contributed by atoms with Gasteiger partial charge in [0.1, 0.15) is 23.4 Å². The van der Waals surface area contributed by atoms with E-state index in [0.29, 0.717) is 35.6 Å². The second kappa shape index (κ2) is 7.81. The van der Waals surface area contributed by atoms with Gasteiger partial charge >= 0.3 is 0 Å². The van der Waals surface area contributed by atoms with Crippen LogP contribution in [-0.2, 0) is 17.6 Å². The number of ether oxygens (including phenoxy) is 2. The standard InChI is InChI=1S/C24H20FNO4S/c1-13(27)21-6-7-22(31-21)18-11-16(25)8-15-9-17(29-23(15)18)12-26-24(28)20-10-14-4-2-3-5-19(14)30-20/h2-8,11,17,20H,9-10,12H2,1H3,(H,26,28)/t17-,20+/m0/s1. The van der Waals surface area contributed by atoms with Crippen LogP contribution < -0.4 is 14.8 Å². The zero-order valence-electron chi connectivity index (χ0n) is 16.8. The van der Waals surface area contributed by atoms with Gasteiger partial charge in [-0.25, -0.2) is 4.39 Å². The van der Waals surface area contributed by atoms with E-state index in [1.165, 1.54) is 30.4 Å². The lowest BCUT2D eigenvalue weighted by Gasteiger charge is -2.15. The first-order chi connectivity index (χ1) is 15.0. The first-order valence-corrected chi connectivity index (χ1v) is 10.9. The molecule has 0 saturated heterocycles. The van der Waals surface area contributed by atoms with Crippen molar-refractivity contribution in [1.82, 2.24) is 5.32 Å². The van der Waals surface area contributed by atoms with Crippen LogP contribution in [0.3, 0.4) is 0 Å². The molecule has 3 aromatic rings. The molecule has 2 aliphatic rings. The summed E-state index contributed by atoms with van der Waals surface area (Å²) >= 11 is 1.32. The largest absolute Gasteiger partial charge is 0.487 e. The molecule has 2 aromatic carbocycles. The molecular weight excluding hydrogens is 417 g/mol. The summed E-state index contributed by atoms with van der Waals surface area (Å²) < 4.78 is 26.1. The number of para-hydroxylation sites is 1. The molecule has 0 radical (unpaired) electrons. The Kier molecular flexibility index (Phi) is 4.98. The van der Waals surface area contributed by atoms with Crippen molar-refractivity contribution in [1.29, 1.82) is 0 Å². The van der Waals surface area contributed by atoms with Gasteiger partial charge in [-0.15, -0.1) is 11.3 Å². The number of Topliss-reactive ketones (excluding diaryl/α,β-unsaturated/α-hetero) is 1. The van der Waals surface area contributed by atoms with E-state index in [-0.39, 0.29) is 23.6 Å². The number of carbonyl (C=O) groups excluding carboxylic acids is 2. The normalized spacial score (nSPS) is 18.6. The number of benzene rings is 2. The fourth-order valence-corrected chi connectivity index (χ4v) is 4.93. The van der Waals surface area contributed by atoms with Gasteiger partial charge in [0.2, 0.25) is 0 Å². The van der Waals surface area contributed by atoms with Crippen LogP contribution in [0.4, 0.5) is 4.39 Å². The van der Waals surface area contributed by atoms with Gasteiger partial charge < -0.3 is 14.8 Å². The molecule has 158 valence electrons. The van der Waals surface area contributed by atoms with Crippen LogP contribution in [0.15, 0.2) is 48.5 Å². The molecule has 1 amide bonds. The minimum atomic E-state index is -0.551. The Morgan fingerprint density at radius 2 is 1.94 bits per heavy atom. The highest BCUT2D eigenvalue weighted by molar-refractivity contribution is 7.17. The zero-order chi connectivity index (χ0) is 21.5. The molecule has 1 aromatic heterocycles. The summed E-state index contributed by atoms with van der Waals surface area (Å²) in [6.07, 6.45) is 0.192. The Balaban J connectivity index is 1.26. The molecule has 0 fully saturated rings. The average molecular weight is 437 g/mol. The minimum absolute atomic E-state index is 0.0258. The second-order valence-corrected chi connectivity index (χ2v) is 8.85. The number of nitrogens with one attached hydrogen (secondary N) is 1. The van der Waals surface area contributed by atoms with E-state index in [2.05, 4.69) is 5.32 Å². The number of hydrogen-bond donors (Lipinski definition) is 1. The molecule has 7 heteroatoms. The number of rotatable bonds is 5. The predicted octanol–water partition coefficient (Wildman–Crippen LogP) is 4.18. The van der Waals surface area contributed by atoms with E-state index >= 15 is 0 Å². The maximum atomic E-state index is 14.2. The van der Waals surface area contributed by atoms with E-state index in [9.17, 15) is 14.0 Å². The van der Waals surface area contributed by atoms with Gasteiger partial charge in [0.25, 0.3) is 5.91 Å². The third-order valence-corrected chi connectivity index (χ3v) is 6.74. The lowest BCUT2D eigenvalue weighted by molar-refractivity contribution is -0.127. The number of amides is 1. The van der Waals surface area contributed by atoms with Gasteiger partial charge in [0, 0.05) is 28.8 Å². The fourth-order valence-electron chi connectivity index (χ4n) is 4.02. The maximum absolute atomic E-state index is 14.2. The first-order valence-electron chi connectivity index (χ1n) is 10.1. The van der Waals surface area contributed by atoms with Crippen LogP contribution in [0.2, 0.25) is 0 Å². The van der Waals surface area contributed by atoms with Crippen molar-refractivity contribution >= 4 is 23.0 Å². The highest BCUT2D eigenvalue weighted by Crippen LogP contribution is 2.42. The third-order valence-electron chi connectivity index (χ3n) is 5.52. The number of ketones is 1. The van der Waals surface area contributed by atoms with Crippen molar-refractivity contribution in [2.24, 2.45) is 0 Å². The highest BCUT2D eigenvalue weighted by Gasteiger charge is 2.31. The van der Waals surface area contributed by atoms with E-state index < -0.39 is 6.10 Å². The van der Waals surface area contributed by atoms with Crippen LogP contribution in [0.5, 0.6) is 11.5 Å². The van der Waals surface area contributed by atoms with Crippen molar-refractivity contribution in [2.75, 3.05) is 6.54 Å². The van der Waals surface area contributed by atoms with Crippen molar-refractivity contribution in [3.63, 3.8) is 0 Å². The van der Waals surface area contributed by atoms with E-state index in [0.717, 1.165) is 21.8 Å². The summed E-state index contributed by atoms with van der Waals surface area (Å²) in [4.78, 5) is 25.6. The van der Waals surface area contributed by atoms with Gasteiger partial charge in [-0.1, -0.05) is 18.2 Å². The zero-order valence-corrected chi connectivity index (χ0v) is 17.6. The number of hydrogen-bond acceptors (Lipinski definition) is 5. The monoisotopic (exact) mass is 437 g/mol. The molecule has 0 saturated carbocycles. The second-order valence-electron chi connectivity index (χ2n) is 7.77. The molecule has 3 heterocycles. The first kappa shape index (κ1) is 19.8. The molecule has 0 spiro atoms. The Labute approximate surface area is 182 Å². The van der Waals surface area contributed by atoms with Crippen molar-refractivity contribution in [2.45, 2.75) is 32.0 Å². The third kappa shape index (κ3) is 3.81. The van der Waals surface area contributed by atoms with Crippen LogP contribution in [0.25, 0.3) is 10.4 Å². The summed E-state index contributed by atoms with van der Waals surface area (Å²) in [5.41, 5.74) is 2.42. The summed E-state index contributed by atoms with van der Waals surface area (Å²) in [6, 6.07) is 14.1. The Morgan fingerprint density at radius 3 is 2.71 bits per heavy atom. The molecule has 0 aliphatic carbocycles. The van der Waals surface area contributed by atoms with Crippen molar-refractivity contribution < 1.29 is 23.5 Å². The lowest BCUT2D eigenvalue weighted by Crippen LogP contribution is -2.42. The number of carbonyl (C=O) groups is 2. The van der Waals surface area contributed by atoms with Crippen molar-refractivity contribution in [3.05, 3.63) is 70.4 Å². The van der Waals surface area contributed by atoms with Gasteiger partial charge in [-0.3, -0.25) is 9.59 Å². The highest BCUT2D eigenvalue weighted by atomic mass is 32.1. The molecular formula is C24H20FNO4S. The van der Waals surface area contributed by atoms with Gasteiger partial charge in [-0.05, 0) is 42.8 Å². The predicted molar refractivity (Wildman–Crippen MR) is 115 cm³/mol. The van der Waals surface area contributed by atoms with E-state index in [1.54, 1.807) is 6.07 Å². The summed E-state index contributed by atoms with van der Waals surface area (Å²) in [5.74, 6) is 0.792. The minimum Gasteiger partial charge on any atom is -0.487 e. The Hall–Kier alpha value is -3.19. The summed E-state index contributed by atoms with van der Waals surface area (Å²) in [5, 5.41) is 2.90. The van der Waals surface area contributed by atoms with E-state index in [4.69, 9.17) is 9.47 Å². The van der Waals surface area contributed by atoms with Gasteiger partial charge in [0.05, 0.1) is 11.4 Å². The number of fused-ring (bicyclic) bond motifs is 2. The Bertz CT molecular complexity index is 1160. The molecule has 1 N–H and O–H groups in total. The topological polar surface area (TPSA) is 64.6 Å². The fraction of sp³-hybridized carbons (Fsp3) is 0.250. The molecule has 0 bridgehead atoms. The molecule has 0 unspecified atom stereocenters. The lowest BCUT2D eigenvalue weighted by atomic mass is 10.0. The van der Waals surface area contributed by atoms with Crippen LogP contribution in [-0.4, -0.2) is 30.4 Å².